The predicted molar refractivity (Wildman–Crippen MR) is 93.2 cm³/mol. The summed E-state index contributed by atoms with van der Waals surface area (Å²) >= 11 is 1.12. The molecule has 134 valence electrons. The normalized spacial score (nSPS) is 15.2. The highest BCUT2D eigenvalue weighted by atomic mass is 32.1. The first-order valence-corrected chi connectivity index (χ1v) is 9.51. The maximum absolute atomic E-state index is 12.3. The summed E-state index contributed by atoms with van der Waals surface area (Å²) in [4.78, 5) is 37.5. The minimum atomic E-state index is -0.444. The molecular formula is C17H26N2O4S. The third-order valence-corrected chi connectivity index (χ3v) is 5.43. The summed E-state index contributed by atoms with van der Waals surface area (Å²) in [6, 6.07) is 0.280. The van der Waals surface area contributed by atoms with Crippen molar-refractivity contribution < 1.29 is 14.3 Å². The highest BCUT2D eigenvalue weighted by Crippen LogP contribution is 2.22. The van der Waals surface area contributed by atoms with E-state index in [0.717, 1.165) is 42.7 Å². The van der Waals surface area contributed by atoms with Gasteiger partial charge in [0, 0.05) is 30.2 Å². The van der Waals surface area contributed by atoms with Crippen LogP contribution in [0, 0.1) is 6.92 Å². The monoisotopic (exact) mass is 354 g/mol. The molecule has 1 amide bonds. The Bertz CT molecular complexity index is 616. The number of aromatic nitrogens is 1. The van der Waals surface area contributed by atoms with Gasteiger partial charge in [0.1, 0.15) is 0 Å². The van der Waals surface area contributed by atoms with Gasteiger partial charge in [-0.1, -0.05) is 30.6 Å². The van der Waals surface area contributed by atoms with Crippen LogP contribution in [0.2, 0.25) is 0 Å². The van der Waals surface area contributed by atoms with Crippen molar-refractivity contribution in [2.24, 2.45) is 0 Å². The van der Waals surface area contributed by atoms with Crippen LogP contribution in [0.15, 0.2) is 10.2 Å². The third-order valence-electron chi connectivity index (χ3n) is 4.55. The molecule has 0 aromatic carbocycles. The van der Waals surface area contributed by atoms with E-state index in [0.29, 0.717) is 13.1 Å². The molecule has 1 heterocycles. The quantitative estimate of drug-likeness (QED) is 0.705. The van der Waals surface area contributed by atoms with Crippen molar-refractivity contribution in [3.8, 4) is 0 Å². The van der Waals surface area contributed by atoms with E-state index in [1.165, 1.54) is 6.42 Å². The number of aryl methyl sites for hydroxylation is 1. The zero-order valence-corrected chi connectivity index (χ0v) is 15.3. The molecule has 7 heteroatoms. The van der Waals surface area contributed by atoms with Crippen molar-refractivity contribution in [2.45, 2.75) is 65.0 Å². The molecule has 0 unspecified atom stereocenters. The first-order valence-electron chi connectivity index (χ1n) is 8.63. The number of amides is 1. The Morgan fingerprint density at radius 1 is 1.33 bits per heavy atom. The molecule has 0 spiro atoms. The Morgan fingerprint density at radius 3 is 2.62 bits per heavy atom. The van der Waals surface area contributed by atoms with E-state index in [9.17, 15) is 14.4 Å². The van der Waals surface area contributed by atoms with E-state index in [4.69, 9.17) is 4.74 Å². The van der Waals surface area contributed by atoms with Crippen LogP contribution in [0.5, 0.6) is 0 Å². The van der Waals surface area contributed by atoms with Crippen LogP contribution in [0.3, 0.4) is 0 Å². The number of hydrogen-bond donors (Lipinski definition) is 0. The lowest BCUT2D eigenvalue weighted by molar-refractivity contribution is -0.153. The Hall–Kier alpha value is -1.63. The predicted octanol–water partition coefficient (Wildman–Crippen LogP) is 2.33. The summed E-state index contributed by atoms with van der Waals surface area (Å²) in [6.07, 6.45) is 5.71. The molecule has 0 radical (unpaired) electrons. The standard InChI is InChI=1S/C17H26N2O4S/c1-3-18(14-7-5-4-6-8-14)15(20)11-23-16(21)9-10-19-13(2)12-24-17(19)22/h12,14H,3-11H2,1-2H3. The fraction of sp³-hybridized carbons (Fsp3) is 0.706. The van der Waals surface area contributed by atoms with E-state index in [-0.39, 0.29) is 29.8 Å². The Balaban J connectivity index is 1.77. The molecule has 1 aliphatic rings. The molecule has 0 bridgehead atoms. The van der Waals surface area contributed by atoms with Crippen LogP contribution in [0.1, 0.15) is 51.1 Å². The largest absolute Gasteiger partial charge is 0.456 e. The maximum atomic E-state index is 12.3. The third kappa shape index (κ3) is 4.93. The Kier molecular flexibility index (Phi) is 7.02. The summed E-state index contributed by atoms with van der Waals surface area (Å²) < 4.78 is 6.66. The molecule has 1 aliphatic carbocycles. The van der Waals surface area contributed by atoms with Gasteiger partial charge in [-0.15, -0.1) is 0 Å². The molecule has 1 fully saturated rings. The van der Waals surface area contributed by atoms with E-state index in [1.54, 1.807) is 9.95 Å². The highest BCUT2D eigenvalue weighted by molar-refractivity contribution is 7.07. The Morgan fingerprint density at radius 2 is 2.04 bits per heavy atom. The van der Waals surface area contributed by atoms with Crippen LogP contribution in [-0.2, 0) is 20.9 Å². The zero-order valence-electron chi connectivity index (χ0n) is 14.5. The topological polar surface area (TPSA) is 68.6 Å². The van der Waals surface area contributed by atoms with Gasteiger partial charge in [0.2, 0.25) is 0 Å². The summed E-state index contributed by atoms with van der Waals surface area (Å²) in [5.41, 5.74) is 0.836. The number of rotatable bonds is 7. The van der Waals surface area contributed by atoms with Gasteiger partial charge in [-0.3, -0.25) is 14.4 Å². The van der Waals surface area contributed by atoms with Crippen molar-refractivity contribution in [1.82, 2.24) is 9.47 Å². The van der Waals surface area contributed by atoms with Gasteiger partial charge in [-0.25, -0.2) is 0 Å². The van der Waals surface area contributed by atoms with Gasteiger partial charge >= 0.3 is 10.8 Å². The van der Waals surface area contributed by atoms with Crippen molar-refractivity contribution in [3.05, 3.63) is 20.7 Å². The second kappa shape index (κ2) is 9.01. The first kappa shape index (κ1) is 18.7. The van der Waals surface area contributed by atoms with Gasteiger partial charge < -0.3 is 14.2 Å². The minimum Gasteiger partial charge on any atom is -0.456 e. The number of carbonyl (C=O) groups is 2. The second-order valence-corrected chi connectivity index (χ2v) is 7.00. The minimum absolute atomic E-state index is 0.0779. The number of esters is 1. The van der Waals surface area contributed by atoms with Gasteiger partial charge in [-0.2, -0.15) is 0 Å². The molecule has 6 nitrogen and oxygen atoms in total. The molecule has 1 aromatic heterocycles. The molecule has 0 saturated heterocycles. The van der Waals surface area contributed by atoms with E-state index in [2.05, 4.69) is 0 Å². The molecule has 1 aromatic rings. The van der Waals surface area contributed by atoms with Crippen LogP contribution < -0.4 is 4.87 Å². The number of nitrogens with zero attached hydrogens (tertiary/aromatic N) is 2. The summed E-state index contributed by atoms with van der Waals surface area (Å²) in [5.74, 6) is -0.567. The summed E-state index contributed by atoms with van der Waals surface area (Å²) in [5, 5.41) is 1.76. The second-order valence-electron chi connectivity index (χ2n) is 6.18. The van der Waals surface area contributed by atoms with Crippen molar-refractivity contribution in [3.63, 3.8) is 0 Å². The highest BCUT2D eigenvalue weighted by Gasteiger charge is 2.24. The van der Waals surface area contributed by atoms with Gasteiger partial charge in [0.25, 0.3) is 5.91 Å². The molecule has 0 N–H and O–H groups in total. The molecule has 0 atom stereocenters. The van der Waals surface area contributed by atoms with E-state index >= 15 is 0 Å². The average molecular weight is 354 g/mol. The molecular weight excluding hydrogens is 328 g/mol. The smallest absolute Gasteiger partial charge is 0.308 e. The van der Waals surface area contributed by atoms with Crippen molar-refractivity contribution in [1.29, 1.82) is 0 Å². The molecule has 0 aliphatic heterocycles. The summed E-state index contributed by atoms with van der Waals surface area (Å²) in [7, 11) is 0. The van der Waals surface area contributed by atoms with Crippen LogP contribution >= 0.6 is 11.3 Å². The lowest BCUT2D eigenvalue weighted by Crippen LogP contribution is -2.43. The Labute approximate surface area is 146 Å². The fourth-order valence-corrected chi connectivity index (χ4v) is 3.97. The lowest BCUT2D eigenvalue weighted by atomic mass is 9.94. The van der Waals surface area contributed by atoms with Crippen LogP contribution in [0.4, 0.5) is 0 Å². The number of thiazole rings is 1. The molecule has 24 heavy (non-hydrogen) atoms. The average Bonchev–Trinajstić information content (AvgIpc) is 2.91. The molecule has 2 rings (SSSR count). The van der Waals surface area contributed by atoms with E-state index < -0.39 is 5.97 Å². The number of likely N-dealkylation sites (N-methyl/N-ethyl adjacent to an activating group) is 1. The maximum Gasteiger partial charge on any atom is 0.308 e. The number of hydrogen-bond acceptors (Lipinski definition) is 5. The van der Waals surface area contributed by atoms with Crippen LogP contribution in [-0.4, -0.2) is 40.5 Å². The number of ether oxygens (including phenoxy) is 1. The fourth-order valence-electron chi connectivity index (χ4n) is 3.21. The van der Waals surface area contributed by atoms with Gasteiger partial charge in [0.15, 0.2) is 6.61 Å². The van der Waals surface area contributed by atoms with Gasteiger partial charge in [0.05, 0.1) is 6.42 Å². The van der Waals surface area contributed by atoms with Crippen LogP contribution in [0.25, 0.3) is 0 Å². The SMILES string of the molecule is CCN(C(=O)COC(=O)CCn1c(C)csc1=O)C1CCCCC1. The van der Waals surface area contributed by atoms with Gasteiger partial charge in [-0.05, 0) is 26.7 Å². The lowest BCUT2D eigenvalue weighted by Gasteiger charge is -2.33. The number of carbonyl (C=O) groups excluding carboxylic acids is 2. The van der Waals surface area contributed by atoms with Crippen molar-refractivity contribution >= 4 is 23.2 Å². The molecule has 1 saturated carbocycles. The summed E-state index contributed by atoms with van der Waals surface area (Å²) in [6.45, 7) is 4.52. The zero-order chi connectivity index (χ0) is 17.5. The van der Waals surface area contributed by atoms with E-state index in [1.807, 2.05) is 18.7 Å². The first-order chi connectivity index (χ1) is 11.5. The van der Waals surface area contributed by atoms with Crippen molar-refractivity contribution in [2.75, 3.05) is 13.2 Å².